The molecule has 1 unspecified atom stereocenters. The number of unbranched alkanes of at least 4 members (excludes halogenated alkanes) is 13. The first kappa shape index (κ1) is 28.2. The van der Waals surface area contributed by atoms with E-state index >= 15 is 0 Å². The highest BCUT2D eigenvalue weighted by Gasteiger charge is 2.55. The van der Waals surface area contributed by atoms with Crippen molar-refractivity contribution in [1.29, 1.82) is 0 Å². The van der Waals surface area contributed by atoms with Gasteiger partial charge in [0.25, 0.3) is 11.8 Å². The third-order valence-corrected chi connectivity index (χ3v) is 10.1. The fraction of sp³-hybridized carbons (Fsp3) is 0.636. The van der Waals surface area contributed by atoms with E-state index in [2.05, 4.69) is 17.6 Å². The van der Waals surface area contributed by atoms with E-state index in [1.807, 2.05) is 29.2 Å². The smallest absolute Gasteiger partial charge is 0.278 e. The Labute approximate surface area is 239 Å². The molecule has 5 rings (SSSR count). The number of fused-ring (bicyclic) bond motifs is 5. The van der Waals surface area contributed by atoms with Crippen LogP contribution in [0.25, 0.3) is 0 Å². The van der Waals surface area contributed by atoms with Crippen molar-refractivity contribution < 1.29 is 9.59 Å². The number of carbonyl (C=O) groups is 2. The number of para-hydroxylation sites is 1. The Hall–Kier alpha value is -2.34. The van der Waals surface area contributed by atoms with Gasteiger partial charge in [-0.3, -0.25) is 9.59 Å². The van der Waals surface area contributed by atoms with E-state index in [0.717, 1.165) is 53.9 Å². The molecular weight excluding hydrogens is 502 g/mol. The van der Waals surface area contributed by atoms with Crippen LogP contribution in [0.3, 0.4) is 0 Å². The molecule has 1 aromatic carbocycles. The summed E-state index contributed by atoms with van der Waals surface area (Å²) < 4.78 is 0. The molecule has 2 aromatic rings. The normalized spacial score (nSPS) is 19.6. The molecule has 0 fully saturated rings. The van der Waals surface area contributed by atoms with Crippen molar-refractivity contribution in [3.05, 3.63) is 45.8 Å². The molecule has 0 saturated heterocycles. The molecule has 1 aliphatic carbocycles. The molecule has 3 aliphatic rings. The number of hydrogen-bond donors (Lipinski definition) is 2. The second-order valence-electron chi connectivity index (χ2n) is 11.8. The first-order chi connectivity index (χ1) is 19.2. The van der Waals surface area contributed by atoms with E-state index in [1.165, 1.54) is 93.9 Å². The number of anilines is 2. The van der Waals surface area contributed by atoms with Gasteiger partial charge in [0.1, 0.15) is 5.00 Å². The molecule has 6 heteroatoms. The molecule has 1 atom stereocenters. The van der Waals surface area contributed by atoms with Crippen LogP contribution in [0.5, 0.6) is 0 Å². The maximum Gasteiger partial charge on any atom is 0.278 e. The molecule has 1 aromatic heterocycles. The minimum atomic E-state index is -1.19. The van der Waals surface area contributed by atoms with E-state index in [4.69, 9.17) is 0 Å². The van der Waals surface area contributed by atoms with Crippen LogP contribution in [-0.4, -0.2) is 18.4 Å². The van der Waals surface area contributed by atoms with Crippen molar-refractivity contribution in [1.82, 2.24) is 5.32 Å². The summed E-state index contributed by atoms with van der Waals surface area (Å²) in [5.41, 5.74) is 2.57. The van der Waals surface area contributed by atoms with E-state index in [0.29, 0.717) is 6.54 Å². The molecule has 212 valence electrons. The van der Waals surface area contributed by atoms with Crippen molar-refractivity contribution in [3.63, 3.8) is 0 Å². The lowest BCUT2D eigenvalue weighted by Gasteiger charge is -2.35. The van der Waals surface area contributed by atoms with Gasteiger partial charge in [0.15, 0.2) is 0 Å². The number of rotatable bonds is 15. The number of hydrogen-bond acceptors (Lipinski definition) is 4. The second-order valence-corrected chi connectivity index (χ2v) is 12.9. The zero-order valence-electron chi connectivity index (χ0n) is 23.9. The Bertz CT molecular complexity index is 1140. The van der Waals surface area contributed by atoms with Gasteiger partial charge in [-0.05, 0) is 43.7 Å². The van der Waals surface area contributed by atoms with E-state index in [9.17, 15) is 9.59 Å². The molecule has 0 radical (unpaired) electrons. The van der Waals surface area contributed by atoms with Gasteiger partial charge in [-0.2, -0.15) is 0 Å². The number of benzene rings is 1. The predicted molar refractivity (Wildman–Crippen MR) is 163 cm³/mol. The minimum absolute atomic E-state index is 0.0521. The van der Waals surface area contributed by atoms with Crippen molar-refractivity contribution >= 4 is 33.8 Å². The van der Waals surface area contributed by atoms with Crippen LogP contribution in [0.1, 0.15) is 136 Å². The Kier molecular flexibility index (Phi) is 9.65. The lowest BCUT2D eigenvalue weighted by molar-refractivity contribution is -0.123. The standard InChI is InChI=1S/C33H47N3O2S/c1-2-3-4-5-6-7-8-9-10-11-12-13-14-19-24-36-27-22-17-16-21-26(27)33(32(36)38)34-30(37)29-25-20-15-18-23-28(25)39-31(29)35-33/h16-17,21-22,35H,2-15,18-20,23-24H2,1H3,(H,34,37). The lowest BCUT2D eigenvalue weighted by Crippen LogP contribution is -2.60. The van der Waals surface area contributed by atoms with Gasteiger partial charge in [0, 0.05) is 17.0 Å². The molecule has 5 nitrogen and oxygen atoms in total. The summed E-state index contributed by atoms with van der Waals surface area (Å²) in [7, 11) is 0. The first-order valence-corrected chi connectivity index (χ1v) is 16.6. The zero-order valence-corrected chi connectivity index (χ0v) is 24.7. The molecule has 0 bridgehead atoms. The van der Waals surface area contributed by atoms with Crippen LogP contribution in [0.2, 0.25) is 0 Å². The number of nitrogens with zero attached hydrogens (tertiary/aromatic N) is 1. The maximum atomic E-state index is 14.0. The molecule has 1 spiro atoms. The van der Waals surface area contributed by atoms with Gasteiger partial charge in [-0.15, -0.1) is 11.3 Å². The average Bonchev–Trinajstić information content (AvgIpc) is 3.42. The SMILES string of the molecule is CCCCCCCCCCCCCCCCN1C(=O)C2(NC(=O)c3c(sc4c3CCCC4)N2)c2ccccc21. The fourth-order valence-electron chi connectivity index (χ4n) is 6.71. The van der Waals surface area contributed by atoms with Gasteiger partial charge in [-0.25, -0.2) is 0 Å². The molecule has 3 heterocycles. The Morgan fingerprint density at radius 2 is 1.41 bits per heavy atom. The molecule has 2 amide bonds. The third kappa shape index (κ3) is 6.06. The van der Waals surface area contributed by atoms with Crippen LogP contribution in [0.4, 0.5) is 10.7 Å². The van der Waals surface area contributed by atoms with E-state index in [-0.39, 0.29) is 11.8 Å². The van der Waals surface area contributed by atoms with Gasteiger partial charge < -0.3 is 15.5 Å². The highest BCUT2D eigenvalue weighted by atomic mass is 32.1. The summed E-state index contributed by atoms with van der Waals surface area (Å²) in [4.78, 5) is 30.6. The summed E-state index contributed by atoms with van der Waals surface area (Å²) >= 11 is 1.68. The highest BCUT2D eigenvalue weighted by molar-refractivity contribution is 7.16. The molecular formula is C33H47N3O2S. The summed E-state index contributed by atoms with van der Waals surface area (Å²) in [5, 5.41) is 7.55. The second kappa shape index (κ2) is 13.3. The van der Waals surface area contributed by atoms with Crippen LogP contribution in [0.15, 0.2) is 24.3 Å². The van der Waals surface area contributed by atoms with Crippen LogP contribution in [0, 0.1) is 0 Å². The third-order valence-electron chi connectivity index (χ3n) is 8.90. The topological polar surface area (TPSA) is 61.4 Å². The number of aryl methyl sites for hydroxylation is 1. The molecule has 2 aliphatic heterocycles. The highest BCUT2D eigenvalue weighted by Crippen LogP contribution is 2.47. The fourth-order valence-corrected chi connectivity index (χ4v) is 8.05. The predicted octanol–water partition coefficient (Wildman–Crippen LogP) is 8.46. The number of amides is 2. The largest absolute Gasteiger partial charge is 0.342 e. The van der Waals surface area contributed by atoms with Gasteiger partial charge in [0.05, 0.1) is 11.3 Å². The van der Waals surface area contributed by atoms with Crippen LogP contribution >= 0.6 is 11.3 Å². The lowest BCUT2D eigenvalue weighted by atomic mass is 9.92. The minimum Gasteiger partial charge on any atom is -0.342 e. The summed E-state index contributed by atoms with van der Waals surface area (Å²) in [5.74, 6) is -0.159. The van der Waals surface area contributed by atoms with Crippen molar-refractivity contribution in [2.45, 2.75) is 128 Å². The van der Waals surface area contributed by atoms with Gasteiger partial charge in [0.2, 0.25) is 5.66 Å². The van der Waals surface area contributed by atoms with Crippen molar-refractivity contribution in [3.8, 4) is 0 Å². The Morgan fingerprint density at radius 1 is 0.795 bits per heavy atom. The molecule has 2 N–H and O–H groups in total. The maximum absolute atomic E-state index is 14.0. The number of thiophene rings is 1. The summed E-state index contributed by atoms with van der Waals surface area (Å²) in [6.45, 7) is 2.97. The average molecular weight is 550 g/mol. The van der Waals surface area contributed by atoms with E-state index in [1.54, 1.807) is 11.3 Å². The Balaban J connectivity index is 1.09. The van der Waals surface area contributed by atoms with Gasteiger partial charge >= 0.3 is 0 Å². The molecule has 39 heavy (non-hydrogen) atoms. The number of carbonyl (C=O) groups excluding carboxylic acids is 2. The van der Waals surface area contributed by atoms with Crippen molar-refractivity contribution in [2.24, 2.45) is 0 Å². The Morgan fingerprint density at radius 3 is 2.10 bits per heavy atom. The number of nitrogens with one attached hydrogen (secondary N) is 2. The molecule has 0 saturated carbocycles. The van der Waals surface area contributed by atoms with Crippen molar-refractivity contribution in [2.75, 3.05) is 16.8 Å². The quantitative estimate of drug-likeness (QED) is 0.219. The van der Waals surface area contributed by atoms with Gasteiger partial charge in [-0.1, -0.05) is 109 Å². The van der Waals surface area contributed by atoms with Crippen LogP contribution < -0.4 is 15.5 Å². The van der Waals surface area contributed by atoms with Crippen LogP contribution in [-0.2, 0) is 23.3 Å². The summed E-state index contributed by atoms with van der Waals surface area (Å²) in [6, 6.07) is 7.97. The monoisotopic (exact) mass is 549 g/mol. The zero-order chi connectivity index (χ0) is 27.1. The van der Waals surface area contributed by atoms with E-state index < -0.39 is 5.66 Å². The first-order valence-electron chi connectivity index (χ1n) is 15.8. The summed E-state index contributed by atoms with van der Waals surface area (Å²) in [6.07, 6.45) is 22.7.